The molecule has 8 nitrogen and oxygen atoms in total. The van der Waals surface area contributed by atoms with E-state index in [0.717, 1.165) is 5.69 Å². The van der Waals surface area contributed by atoms with Crippen molar-refractivity contribution in [3.8, 4) is 0 Å². The summed E-state index contributed by atoms with van der Waals surface area (Å²) in [6, 6.07) is 3.06. The predicted octanol–water partition coefficient (Wildman–Crippen LogP) is 1.00. The Labute approximate surface area is 103 Å². The van der Waals surface area contributed by atoms with E-state index in [1.807, 2.05) is 0 Å². The predicted molar refractivity (Wildman–Crippen MR) is 64.1 cm³/mol. The van der Waals surface area contributed by atoms with E-state index in [-0.39, 0.29) is 11.5 Å². The number of nitrogens with zero attached hydrogens (tertiary/aromatic N) is 5. The van der Waals surface area contributed by atoms with Crippen molar-refractivity contribution in [1.29, 1.82) is 0 Å². The standard InChI is InChI=1S/C10H12N6O2/c1-8-2-3-9(16(17)18)10(13-8)11-4-6-15-7-5-12-14-15/h2-3,5,7H,4,6H2,1H3,(H,11,13). The van der Waals surface area contributed by atoms with Gasteiger partial charge in [-0.15, -0.1) is 5.10 Å². The molecule has 0 amide bonds. The van der Waals surface area contributed by atoms with Gasteiger partial charge in [0.05, 0.1) is 17.7 Å². The van der Waals surface area contributed by atoms with E-state index in [4.69, 9.17) is 0 Å². The van der Waals surface area contributed by atoms with E-state index in [1.165, 1.54) is 6.07 Å². The molecule has 0 aliphatic heterocycles. The fourth-order valence-electron chi connectivity index (χ4n) is 1.47. The highest BCUT2D eigenvalue weighted by Crippen LogP contribution is 2.21. The van der Waals surface area contributed by atoms with Crippen LogP contribution in [0.15, 0.2) is 24.5 Å². The molecule has 0 bridgehead atoms. The molecule has 0 unspecified atom stereocenters. The third-order valence-electron chi connectivity index (χ3n) is 2.32. The van der Waals surface area contributed by atoms with E-state index >= 15 is 0 Å². The normalized spacial score (nSPS) is 10.3. The Kier molecular flexibility index (Phi) is 3.46. The minimum absolute atomic E-state index is 0.0285. The minimum Gasteiger partial charge on any atom is -0.362 e. The molecule has 0 saturated heterocycles. The van der Waals surface area contributed by atoms with Crippen LogP contribution in [0.25, 0.3) is 0 Å². The number of rotatable bonds is 5. The van der Waals surface area contributed by atoms with Gasteiger partial charge in [0.25, 0.3) is 0 Å². The van der Waals surface area contributed by atoms with Crippen LogP contribution in [-0.4, -0.2) is 31.4 Å². The Morgan fingerprint density at radius 3 is 3.00 bits per heavy atom. The highest BCUT2D eigenvalue weighted by atomic mass is 16.6. The third-order valence-corrected chi connectivity index (χ3v) is 2.32. The molecule has 0 radical (unpaired) electrons. The van der Waals surface area contributed by atoms with E-state index < -0.39 is 4.92 Å². The SMILES string of the molecule is Cc1ccc([N+](=O)[O-])c(NCCn2ccnn2)n1. The zero-order chi connectivity index (χ0) is 13.0. The van der Waals surface area contributed by atoms with Crippen molar-refractivity contribution in [3.63, 3.8) is 0 Å². The Hall–Kier alpha value is -2.51. The molecular formula is C10H12N6O2. The number of hydrogen-bond acceptors (Lipinski definition) is 6. The highest BCUT2D eigenvalue weighted by Gasteiger charge is 2.14. The highest BCUT2D eigenvalue weighted by molar-refractivity contribution is 5.55. The number of hydrogen-bond donors (Lipinski definition) is 1. The molecule has 2 rings (SSSR count). The second-order valence-corrected chi connectivity index (χ2v) is 3.67. The summed E-state index contributed by atoms with van der Waals surface area (Å²) in [4.78, 5) is 14.5. The Bertz CT molecular complexity index is 539. The Morgan fingerprint density at radius 2 is 2.33 bits per heavy atom. The van der Waals surface area contributed by atoms with Crippen LogP contribution in [0.2, 0.25) is 0 Å². The van der Waals surface area contributed by atoms with Crippen LogP contribution in [0.1, 0.15) is 5.69 Å². The first kappa shape index (κ1) is 12.0. The van der Waals surface area contributed by atoms with E-state index in [1.54, 1.807) is 30.1 Å². The van der Waals surface area contributed by atoms with Crippen LogP contribution >= 0.6 is 0 Å². The van der Waals surface area contributed by atoms with E-state index in [9.17, 15) is 10.1 Å². The van der Waals surface area contributed by atoms with Gasteiger partial charge in [-0.05, 0) is 13.0 Å². The summed E-state index contributed by atoms with van der Waals surface area (Å²) in [6.45, 7) is 2.83. The number of aromatic nitrogens is 4. The van der Waals surface area contributed by atoms with Crippen molar-refractivity contribution in [2.45, 2.75) is 13.5 Å². The summed E-state index contributed by atoms with van der Waals surface area (Å²) in [5, 5.41) is 21.2. The van der Waals surface area contributed by atoms with Gasteiger partial charge >= 0.3 is 5.69 Å². The summed E-state index contributed by atoms with van der Waals surface area (Å²) >= 11 is 0. The fourth-order valence-corrected chi connectivity index (χ4v) is 1.47. The van der Waals surface area contributed by atoms with Crippen molar-refractivity contribution >= 4 is 11.5 Å². The summed E-state index contributed by atoms with van der Waals surface area (Å²) < 4.78 is 1.63. The second-order valence-electron chi connectivity index (χ2n) is 3.67. The molecule has 0 aliphatic rings. The Morgan fingerprint density at radius 1 is 1.50 bits per heavy atom. The van der Waals surface area contributed by atoms with Gasteiger partial charge in [-0.3, -0.25) is 14.8 Å². The zero-order valence-corrected chi connectivity index (χ0v) is 9.78. The van der Waals surface area contributed by atoms with E-state index in [2.05, 4.69) is 20.6 Å². The molecule has 0 atom stereocenters. The molecule has 0 saturated carbocycles. The summed E-state index contributed by atoms with van der Waals surface area (Å²) in [5.41, 5.74) is 0.697. The largest absolute Gasteiger partial charge is 0.362 e. The topological polar surface area (TPSA) is 98.8 Å². The molecule has 2 aromatic rings. The van der Waals surface area contributed by atoms with Crippen LogP contribution in [0.3, 0.4) is 0 Å². The van der Waals surface area contributed by atoms with Gasteiger partial charge in [0, 0.05) is 24.5 Å². The van der Waals surface area contributed by atoms with Crippen molar-refractivity contribution < 1.29 is 4.92 Å². The molecule has 2 aromatic heterocycles. The molecule has 0 aliphatic carbocycles. The smallest absolute Gasteiger partial charge is 0.311 e. The average molecular weight is 248 g/mol. The first-order chi connectivity index (χ1) is 8.66. The van der Waals surface area contributed by atoms with Gasteiger partial charge in [-0.2, -0.15) is 0 Å². The maximum atomic E-state index is 10.8. The van der Waals surface area contributed by atoms with Gasteiger partial charge < -0.3 is 5.32 Å². The first-order valence-electron chi connectivity index (χ1n) is 5.37. The van der Waals surface area contributed by atoms with Gasteiger partial charge in [-0.1, -0.05) is 5.21 Å². The lowest BCUT2D eigenvalue weighted by atomic mass is 10.3. The molecule has 8 heteroatoms. The molecule has 1 N–H and O–H groups in total. The van der Waals surface area contributed by atoms with Gasteiger partial charge in [-0.25, -0.2) is 4.98 Å². The molecule has 94 valence electrons. The molecule has 0 aromatic carbocycles. The van der Waals surface area contributed by atoms with Crippen molar-refractivity contribution in [3.05, 3.63) is 40.3 Å². The lowest BCUT2D eigenvalue weighted by molar-refractivity contribution is -0.384. The van der Waals surface area contributed by atoms with Gasteiger partial charge in [0.2, 0.25) is 5.82 Å². The second kappa shape index (κ2) is 5.21. The monoisotopic (exact) mass is 248 g/mol. The molecule has 0 spiro atoms. The lowest BCUT2D eigenvalue weighted by Crippen LogP contribution is -2.13. The maximum Gasteiger partial charge on any atom is 0.311 e. The van der Waals surface area contributed by atoms with Crippen LogP contribution in [0, 0.1) is 17.0 Å². The van der Waals surface area contributed by atoms with Crippen LogP contribution in [0.5, 0.6) is 0 Å². The number of anilines is 1. The third kappa shape index (κ3) is 2.78. The van der Waals surface area contributed by atoms with Crippen LogP contribution < -0.4 is 5.32 Å². The van der Waals surface area contributed by atoms with Crippen molar-refractivity contribution in [2.75, 3.05) is 11.9 Å². The fraction of sp³-hybridized carbons (Fsp3) is 0.300. The van der Waals surface area contributed by atoms with Crippen LogP contribution in [0.4, 0.5) is 11.5 Å². The first-order valence-corrected chi connectivity index (χ1v) is 5.37. The van der Waals surface area contributed by atoms with Crippen molar-refractivity contribution in [1.82, 2.24) is 20.0 Å². The van der Waals surface area contributed by atoms with Crippen LogP contribution in [-0.2, 0) is 6.54 Å². The Balaban J connectivity index is 2.03. The number of nitrogens with one attached hydrogen (secondary N) is 1. The molecule has 0 fully saturated rings. The van der Waals surface area contributed by atoms with Gasteiger partial charge in [0.1, 0.15) is 0 Å². The lowest BCUT2D eigenvalue weighted by Gasteiger charge is -2.06. The number of pyridine rings is 1. The average Bonchev–Trinajstić information content (AvgIpc) is 2.82. The molecular weight excluding hydrogens is 236 g/mol. The number of aryl methyl sites for hydroxylation is 1. The summed E-state index contributed by atoms with van der Waals surface area (Å²) in [7, 11) is 0. The zero-order valence-electron chi connectivity index (χ0n) is 9.78. The molecule has 2 heterocycles. The maximum absolute atomic E-state index is 10.8. The quantitative estimate of drug-likeness (QED) is 0.626. The summed E-state index contributed by atoms with van der Waals surface area (Å²) in [5.74, 6) is 0.278. The minimum atomic E-state index is -0.454. The molecule has 18 heavy (non-hydrogen) atoms. The summed E-state index contributed by atoms with van der Waals surface area (Å²) in [6.07, 6.45) is 3.30. The van der Waals surface area contributed by atoms with Gasteiger partial charge in [0.15, 0.2) is 0 Å². The van der Waals surface area contributed by atoms with Crippen molar-refractivity contribution in [2.24, 2.45) is 0 Å². The number of nitro groups is 1. The van der Waals surface area contributed by atoms with E-state index in [0.29, 0.717) is 13.1 Å².